The maximum atomic E-state index is 12.8. The standard InChI is InChI=1S/C27H33N7O8/c1-27(2,3)42-26(38)29-18-13-20(32(4)14-18)24(36)31-21-15-33(5)23(30-21)25(37)28-12-6-7-22(35)41-16-17-8-10-19(11-9-17)34(39)40/h8-11,13-15H,6-7,12,16H2,1-5H3,(H,28,37)(H,29,38)(H,31,36). The van der Waals surface area contributed by atoms with Crippen molar-refractivity contribution in [3.05, 3.63) is 69.9 Å². The van der Waals surface area contributed by atoms with Crippen LogP contribution in [-0.2, 0) is 35.0 Å². The fourth-order valence-corrected chi connectivity index (χ4v) is 3.66. The average Bonchev–Trinajstić information content (AvgIpc) is 3.45. The minimum atomic E-state index is -0.674. The van der Waals surface area contributed by atoms with Crippen LogP contribution in [0.4, 0.5) is 22.0 Å². The number of non-ortho nitro benzene ring substituents is 1. The number of nitrogens with one attached hydrogen (secondary N) is 3. The van der Waals surface area contributed by atoms with Gasteiger partial charge in [-0.25, -0.2) is 9.78 Å². The number of ether oxygens (including phenoxy) is 2. The molecule has 224 valence electrons. The maximum Gasteiger partial charge on any atom is 0.412 e. The van der Waals surface area contributed by atoms with Gasteiger partial charge in [-0.15, -0.1) is 0 Å². The molecule has 0 atom stereocenters. The van der Waals surface area contributed by atoms with Gasteiger partial charge in [-0.3, -0.25) is 29.8 Å². The van der Waals surface area contributed by atoms with Gasteiger partial charge in [-0.2, -0.15) is 0 Å². The first-order valence-electron chi connectivity index (χ1n) is 12.9. The van der Waals surface area contributed by atoms with Gasteiger partial charge in [0.2, 0.25) is 5.82 Å². The number of hydrogen-bond donors (Lipinski definition) is 3. The minimum absolute atomic E-state index is 0.0186. The SMILES string of the molecule is Cn1cc(NC(=O)OC(C)(C)C)cc1C(=O)Nc1cn(C)c(C(=O)NCCCC(=O)OCc2ccc([N+](=O)[O-])cc2)n1. The molecule has 0 fully saturated rings. The van der Waals surface area contributed by atoms with E-state index in [1.807, 2.05) is 0 Å². The molecule has 0 radical (unpaired) electrons. The molecular formula is C27H33N7O8. The van der Waals surface area contributed by atoms with E-state index in [4.69, 9.17) is 9.47 Å². The first-order chi connectivity index (χ1) is 19.7. The molecule has 0 saturated carbocycles. The number of nitrogens with zero attached hydrogens (tertiary/aromatic N) is 4. The number of carbonyl (C=O) groups excluding carboxylic acids is 4. The predicted octanol–water partition coefficient (Wildman–Crippen LogP) is 3.52. The van der Waals surface area contributed by atoms with Gasteiger partial charge >= 0.3 is 12.1 Å². The molecule has 2 aromatic heterocycles. The molecule has 42 heavy (non-hydrogen) atoms. The number of nitro groups is 1. The number of esters is 1. The Labute approximate surface area is 241 Å². The molecule has 0 spiro atoms. The quantitative estimate of drug-likeness (QED) is 0.131. The van der Waals surface area contributed by atoms with Crippen LogP contribution in [0, 0.1) is 10.1 Å². The van der Waals surface area contributed by atoms with E-state index in [2.05, 4.69) is 20.9 Å². The van der Waals surface area contributed by atoms with Crippen LogP contribution in [0.3, 0.4) is 0 Å². The summed E-state index contributed by atoms with van der Waals surface area (Å²) in [6.07, 6.45) is 2.74. The lowest BCUT2D eigenvalue weighted by molar-refractivity contribution is -0.384. The molecule has 3 aromatic rings. The van der Waals surface area contributed by atoms with Crippen molar-refractivity contribution in [2.75, 3.05) is 17.2 Å². The van der Waals surface area contributed by atoms with Crippen molar-refractivity contribution in [3.63, 3.8) is 0 Å². The molecule has 2 heterocycles. The number of amides is 3. The molecule has 0 aliphatic carbocycles. The zero-order chi connectivity index (χ0) is 31.0. The number of anilines is 2. The van der Waals surface area contributed by atoms with Gasteiger partial charge in [0.05, 0.1) is 10.6 Å². The van der Waals surface area contributed by atoms with Crippen molar-refractivity contribution in [2.24, 2.45) is 14.1 Å². The van der Waals surface area contributed by atoms with Crippen LogP contribution in [-0.4, -0.2) is 55.1 Å². The zero-order valence-corrected chi connectivity index (χ0v) is 23.9. The van der Waals surface area contributed by atoms with Crippen molar-refractivity contribution in [2.45, 2.75) is 45.8 Å². The van der Waals surface area contributed by atoms with E-state index < -0.39 is 34.4 Å². The van der Waals surface area contributed by atoms with Gasteiger partial charge in [0.25, 0.3) is 17.5 Å². The Morgan fingerprint density at radius 1 is 1.00 bits per heavy atom. The summed E-state index contributed by atoms with van der Waals surface area (Å²) in [6, 6.07) is 7.16. The Balaban J connectivity index is 1.44. The molecule has 15 heteroatoms. The van der Waals surface area contributed by atoms with Gasteiger partial charge in [-0.1, -0.05) is 0 Å². The Morgan fingerprint density at radius 3 is 2.33 bits per heavy atom. The molecule has 0 aliphatic heterocycles. The molecule has 0 unspecified atom stereocenters. The molecule has 0 aliphatic rings. The molecule has 0 saturated heterocycles. The predicted molar refractivity (Wildman–Crippen MR) is 151 cm³/mol. The molecule has 3 N–H and O–H groups in total. The monoisotopic (exact) mass is 583 g/mol. The summed E-state index contributed by atoms with van der Waals surface area (Å²) in [6.45, 7) is 5.38. The Bertz CT molecular complexity index is 1470. The van der Waals surface area contributed by atoms with Crippen molar-refractivity contribution in [1.29, 1.82) is 0 Å². The highest BCUT2D eigenvalue weighted by atomic mass is 16.6. The Kier molecular flexibility index (Phi) is 10.0. The normalized spacial score (nSPS) is 11.0. The largest absolute Gasteiger partial charge is 0.461 e. The number of hydrogen-bond acceptors (Lipinski definition) is 9. The summed E-state index contributed by atoms with van der Waals surface area (Å²) in [4.78, 5) is 63.8. The number of aryl methyl sites for hydroxylation is 2. The lowest BCUT2D eigenvalue weighted by Gasteiger charge is -2.19. The first-order valence-corrected chi connectivity index (χ1v) is 12.9. The second-order valence-electron chi connectivity index (χ2n) is 10.3. The van der Waals surface area contributed by atoms with Crippen molar-refractivity contribution in [1.82, 2.24) is 19.4 Å². The summed E-state index contributed by atoms with van der Waals surface area (Å²) in [5.41, 5.74) is 0.492. The Morgan fingerprint density at radius 2 is 1.69 bits per heavy atom. The lowest BCUT2D eigenvalue weighted by atomic mass is 10.2. The van der Waals surface area contributed by atoms with E-state index in [9.17, 15) is 29.3 Å². The van der Waals surface area contributed by atoms with Crippen molar-refractivity contribution < 1.29 is 33.6 Å². The van der Waals surface area contributed by atoms with E-state index in [-0.39, 0.29) is 42.6 Å². The van der Waals surface area contributed by atoms with E-state index in [1.54, 1.807) is 41.1 Å². The second kappa shape index (κ2) is 13.4. The second-order valence-corrected chi connectivity index (χ2v) is 10.3. The molecule has 15 nitrogen and oxygen atoms in total. The number of carbonyl (C=O) groups is 4. The van der Waals surface area contributed by atoms with Crippen molar-refractivity contribution >= 4 is 41.1 Å². The number of benzene rings is 1. The smallest absolute Gasteiger partial charge is 0.412 e. The number of aromatic nitrogens is 3. The van der Waals surface area contributed by atoms with Gasteiger partial charge in [-0.05, 0) is 51.0 Å². The lowest BCUT2D eigenvalue weighted by Crippen LogP contribution is -2.27. The highest BCUT2D eigenvalue weighted by Gasteiger charge is 2.20. The summed E-state index contributed by atoms with van der Waals surface area (Å²) in [7, 11) is 3.23. The topological polar surface area (TPSA) is 189 Å². The maximum absolute atomic E-state index is 12.8. The van der Waals surface area contributed by atoms with Crippen LogP contribution in [0.15, 0.2) is 42.7 Å². The van der Waals surface area contributed by atoms with E-state index in [1.165, 1.54) is 45.7 Å². The average molecular weight is 584 g/mol. The van der Waals surface area contributed by atoms with Gasteiger partial charge < -0.3 is 29.2 Å². The van der Waals surface area contributed by atoms with E-state index >= 15 is 0 Å². The third-order valence-electron chi connectivity index (χ3n) is 5.59. The highest BCUT2D eigenvalue weighted by molar-refractivity contribution is 6.04. The van der Waals surface area contributed by atoms with Crippen LogP contribution < -0.4 is 16.0 Å². The van der Waals surface area contributed by atoms with Gasteiger partial charge in [0.15, 0.2) is 5.82 Å². The number of nitro benzene ring substituents is 1. The van der Waals surface area contributed by atoms with Crippen LogP contribution in [0.1, 0.15) is 60.3 Å². The third-order valence-corrected chi connectivity index (χ3v) is 5.59. The molecule has 3 rings (SSSR count). The zero-order valence-electron chi connectivity index (χ0n) is 23.9. The fraction of sp³-hybridized carbons (Fsp3) is 0.370. The van der Waals surface area contributed by atoms with Crippen LogP contribution in [0.2, 0.25) is 0 Å². The Hall–Kier alpha value is -5.21. The van der Waals surface area contributed by atoms with E-state index in [0.717, 1.165) is 0 Å². The summed E-state index contributed by atoms with van der Waals surface area (Å²) in [5.74, 6) is -1.29. The third kappa shape index (κ3) is 9.18. The van der Waals surface area contributed by atoms with Crippen LogP contribution in [0.5, 0.6) is 0 Å². The minimum Gasteiger partial charge on any atom is -0.461 e. The van der Waals surface area contributed by atoms with Gasteiger partial charge in [0, 0.05) is 51.6 Å². The molecule has 0 bridgehead atoms. The number of rotatable bonds is 11. The van der Waals surface area contributed by atoms with Crippen molar-refractivity contribution in [3.8, 4) is 0 Å². The summed E-state index contributed by atoms with van der Waals surface area (Å²) >= 11 is 0. The fourth-order valence-electron chi connectivity index (χ4n) is 3.66. The molecular weight excluding hydrogens is 550 g/mol. The van der Waals surface area contributed by atoms with E-state index in [0.29, 0.717) is 17.7 Å². The van der Waals surface area contributed by atoms with Gasteiger partial charge in [0.1, 0.15) is 17.9 Å². The summed E-state index contributed by atoms with van der Waals surface area (Å²) in [5, 5.41) is 18.6. The molecule has 1 aromatic carbocycles. The summed E-state index contributed by atoms with van der Waals surface area (Å²) < 4.78 is 13.3. The first kappa shape index (κ1) is 31.3. The van der Waals surface area contributed by atoms with Crippen LogP contribution in [0.25, 0.3) is 0 Å². The van der Waals surface area contributed by atoms with Crippen LogP contribution >= 0.6 is 0 Å². The molecule has 3 amide bonds. The highest BCUT2D eigenvalue weighted by Crippen LogP contribution is 2.17. The number of imidazole rings is 1.